The molecule has 0 saturated heterocycles. The van der Waals surface area contributed by atoms with E-state index in [9.17, 15) is 44.6 Å². The Morgan fingerprint density at radius 1 is 0.525 bits per heavy atom. The topological polar surface area (TPSA) is 210 Å². The number of unbranched alkanes of at least 4 members (excludes halogenated alkanes) is 6. The van der Waals surface area contributed by atoms with Crippen LogP contribution in [-0.2, 0) is 32.7 Å². The Morgan fingerprint density at radius 2 is 0.934 bits per heavy atom. The fraction of sp³-hybridized carbons (Fsp3) is 0.617. The number of phosphoric acid groups is 1. The fourth-order valence-corrected chi connectivity index (χ4v) is 6.83. The first-order valence-electron chi connectivity index (χ1n) is 22.0. The van der Waals surface area contributed by atoms with Crippen LogP contribution in [0.3, 0.4) is 0 Å². The van der Waals surface area contributed by atoms with Gasteiger partial charge in [0, 0.05) is 12.8 Å². The summed E-state index contributed by atoms with van der Waals surface area (Å²) < 4.78 is 33.4. The SMILES string of the molecule is CC/C=C/C/C=C/C/C=C/C/C=C/CCCCC(=O)OC[C@H](COP(=O)(O)OC1C(O)C(O)C(O)[C@H](O)C1O)OC(=O)CCCCC/C=C/C/C=C/C/C=C/C/C=C/CCC. The van der Waals surface area contributed by atoms with Crippen LogP contribution in [0.1, 0.15) is 129 Å². The summed E-state index contributed by atoms with van der Waals surface area (Å²) in [6, 6.07) is 0. The van der Waals surface area contributed by atoms with Gasteiger partial charge in [-0.25, -0.2) is 4.57 Å². The minimum atomic E-state index is -5.14. The molecule has 61 heavy (non-hydrogen) atoms. The van der Waals surface area contributed by atoms with Crippen LogP contribution in [0.4, 0.5) is 0 Å². The molecule has 0 aliphatic heterocycles. The van der Waals surface area contributed by atoms with Gasteiger partial charge in [-0.15, -0.1) is 0 Å². The Hall–Kier alpha value is -3.23. The zero-order valence-electron chi connectivity index (χ0n) is 36.4. The van der Waals surface area contributed by atoms with Crippen LogP contribution in [0, 0.1) is 0 Å². The molecule has 14 heteroatoms. The Labute approximate surface area is 364 Å². The van der Waals surface area contributed by atoms with E-state index in [1.807, 2.05) is 0 Å². The van der Waals surface area contributed by atoms with Gasteiger partial charge in [0.2, 0.25) is 0 Å². The van der Waals surface area contributed by atoms with Crippen molar-refractivity contribution in [3.8, 4) is 0 Å². The second-order valence-electron chi connectivity index (χ2n) is 14.8. The summed E-state index contributed by atoms with van der Waals surface area (Å²) in [4.78, 5) is 35.6. The van der Waals surface area contributed by atoms with Crippen LogP contribution in [0.25, 0.3) is 0 Å². The van der Waals surface area contributed by atoms with Crippen molar-refractivity contribution in [2.45, 2.75) is 172 Å². The van der Waals surface area contributed by atoms with Crippen molar-refractivity contribution in [2.75, 3.05) is 13.2 Å². The van der Waals surface area contributed by atoms with E-state index in [2.05, 4.69) is 111 Å². The molecule has 6 N–H and O–H groups in total. The lowest BCUT2D eigenvalue weighted by Gasteiger charge is -2.41. The molecule has 0 radical (unpaired) electrons. The van der Waals surface area contributed by atoms with E-state index < -0.39 is 75.7 Å². The summed E-state index contributed by atoms with van der Waals surface area (Å²) >= 11 is 0. The molecule has 6 unspecified atom stereocenters. The summed E-state index contributed by atoms with van der Waals surface area (Å²) in [5, 5.41) is 50.1. The van der Waals surface area contributed by atoms with Gasteiger partial charge in [0.15, 0.2) is 6.10 Å². The third-order valence-electron chi connectivity index (χ3n) is 9.39. The molecule has 1 fully saturated rings. The van der Waals surface area contributed by atoms with Gasteiger partial charge < -0.3 is 39.9 Å². The zero-order chi connectivity index (χ0) is 45.0. The van der Waals surface area contributed by atoms with E-state index in [4.69, 9.17) is 18.5 Å². The first-order chi connectivity index (χ1) is 29.4. The molecule has 13 nitrogen and oxygen atoms in total. The number of rotatable bonds is 34. The molecule has 346 valence electrons. The summed E-state index contributed by atoms with van der Waals surface area (Å²) in [6.07, 6.45) is 34.6. The smallest absolute Gasteiger partial charge is 0.462 e. The van der Waals surface area contributed by atoms with Crippen molar-refractivity contribution in [2.24, 2.45) is 0 Å². The van der Waals surface area contributed by atoms with Crippen molar-refractivity contribution >= 4 is 19.8 Å². The predicted molar refractivity (Wildman–Crippen MR) is 239 cm³/mol. The molecule has 0 aromatic carbocycles. The quantitative estimate of drug-likeness (QED) is 0.0156. The standard InChI is InChI=1S/C47H75O13P/c1-3-5-7-9-11-13-15-17-19-20-22-24-26-28-30-32-34-36-41(49)59-39(38-58-61(55,56)60-47-45(53)43(51)42(50)44(52)46(47)54)37-57-40(48)35-33-31-29-27-25-23-21-18-16-14-12-10-8-6-4-2/h6-9,12-15,18-21,24-27,39,42-47,50-54H,3-5,10-11,16-17,22-23,28-38H2,1-2H3,(H,55,56)/b8-6+,9-7+,14-12+,15-13+,20-19+,21-18+,26-24+,27-25+/t39-,42?,43+,44?,45?,46?,47?/m1/s1. The van der Waals surface area contributed by atoms with Gasteiger partial charge in [0.1, 0.15) is 43.2 Å². The van der Waals surface area contributed by atoms with Crippen LogP contribution < -0.4 is 0 Å². The number of phosphoric ester groups is 1. The highest BCUT2D eigenvalue weighted by atomic mass is 31.2. The minimum absolute atomic E-state index is 0.0436. The second kappa shape index (κ2) is 36.3. The molecular weight excluding hydrogens is 803 g/mol. The van der Waals surface area contributed by atoms with Crippen LogP contribution in [0.15, 0.2) is 97.2 Å². The van der Waals surface area contributed by atoms with Gasteiger partial charge in [-0.1, -0.05) is 124 Å². The van der Waals surface area contributed by atoms with Gasteiger partial charge in [0.05, 0.1) is 6.61 Å². The first-order valence-corrected chi connectivity index (χ1v) is 23.5. The molecule has 1 rings (SSSR count). The van der Waals surface area contributed by atoms with Gasteiger partial charge in [-0.2, -0.15) is 0 Å². The molecule has 1 aliphatic rings. The van der Waals surface area contributed by atoms with E-state index in [-0.39, 0.29) is 12.8 Å². The van der Waals surface area contributed by atoms with Crippen LogP contribution in [-0.4, -0.2) is 98.3 Å². The van der Waals surface area contributed by atoms with Crippen LogP contribution in [0.2, 0.25) is 0 Å². The van der Waals surface area contributed by atoms with Gasteiger partial charge in [-0.05, 0) is 89.9 Å². The van der Waals surface area contributed by atoms with E-state index in [0.717, 1.165) is 89.9 Å². The summed E-state index contributed by atoms with van der Waals surface area (Å²) in [5.41, 5.74) is 0. The Kier molecular flexibility index (Phi) is 33.2. The van der Waals surface area contributed by atoms with Gasteiger partial charge in [0.25, 0.3) is 0 Å². The van der Waals surface area contributed by atoms with Gasteiger partial charge >= 0.3 is 19.8 Å². The highest BCUT2D eigenvalue weighted by Crippen LogP contribution is 2.47. The lowest BCUT2D eigenvalue weighted by molar-refractivity contribution is -0.220. The van der Waals surface area contributed by atoms with Crippen molar-refractivity contribution in [3.05, 3.63) is 97.2 Å². The number of esters is 2. The Balaban J connectivity index is 2.55. The number of ether oxygens (including phenoxy) is 2. The number of aliphatic hydroxyl groups is 5. The Morgan fingerprint density at radius 3 is 1.43 bits per heavy atom. The van der Waals surface area contributed by atoms with Crippen LogP contribution in [0.5, 0.6) is 0 Å². The van der Waals surface area contributed by atoms with Crippen molar-refractivity contribution in [1.29, 1.82) is 0 Å². The molecule has 1 saturated carbocycles. The predicted octanol–water partition coefficient (Wildman–Crippen LogP) is 8.27. The van der Waals surface area contributed by atoms with E-state index in [1.54, 1.807) is 0 Å². The van der Waals surface area contributed by atoms with E-state index >= 15 is 0 Å². The third kappa shape index (κ3) is 28.9. The molecule has 8 atom stereocenters. The first kappa shape index (κ1) is 55.8. The highest BCUT2D eigenvalue weighted by molar-refractivity contribution is 7.47. The number of hydrogen-bond donors (Lipinski definition) is 6. The average Bonchev–Trinajstić information content (AvgIpc) is 3.24. The lowest BCUT2D eigenvalue weighted by Crippen LogP contribution is -2.64. The largest absolute Gasteiger partial charge is 0.472 e. The van der Waals surface area contributed by atoms with Crippen molar-refractivity contribution in [3.63, 3.8) is 0 Å². The second-order valence-corrected chi connectivity index (χ2v) is 16.2. The average molecular weight is 879 g/mol. The summed E-state index contributed by atoms with van der Waals surface area (Å²) in [5.74, 6) is -1.20. The fourth-order valence-electron chi connectivity index (χ4n) is 5.85. The zero-order valence-corrected chi connectivity index (χ0v) is 37.3. The van der Waals surface area contributed by atoms with Crippen LogP contribution >= 0.6 is 7.82 Å². The number of aliphatic hydroxyl groups excluding tert-OH is 5. The summed E-state index contributed by atoms with van der Waals surface area (Å²) in [7, 11) is -5.14. The summed E-state index contributed by atoms with van der Waals surface area (Å²) in [6.45, 7) is 3.03. The normalized spacial score (nSPS) is 23.0. The molecule has 1 aliphatic carbocycles. The maximum Gasteiger partial charge on any atom is 0.472 e. The number of carbonyl (C=O) groups excluding carboxylic acids is 2. The molecule has 0 amide bonds. The molecule has 0 aromatic heterocycles. The van der Waals surface area contributed by atoms with Crippen molar-refractivity contribution in [1.82, 2.24) is 0 Å². The minimum Gasteiger partial charge on any atom is -0.462 e. The van der Waals surface area contributed by atoms with E-state index in [0.29, 0.717) is 12.8 Å². The molecule has 0 heterocycles. The van der Waals surface area contributed by atoms with E-state index in [1.165, 1.54) is 0 Å². The monoisotopic (exact) mass is 878 g/mol. The molecule has 0 bridgehead atoms. The molecule has 0 spiro atoms. The molecular formula is C47H75O13P. The lowest BCUT2D eigenvalue weighted by atomic mass is 9.85. The third-order valence-corrected chi connectivity index (χ3v) is 10.4. The Bertz CT molecular complexity index is 1430. The van der Waals surface area contributed by atoms with Crippen molar-refractivity contribution < 1.29 is 63.1 Å². The molecule has 0 aromatic rings. The number of hydrogen-bond acceptors (Lipinski definition) is 12. The van der Waals surface area contributed by atoms with Gasteiger partial charge in [-0.3, -0.25) is 18.6 Å². The maximum atomic E-state index is 12.8. The number of allylic oxidation sites excluding steroid dienone is 16. The highest BCUT2D eigenvalue weighted by Gasteiger charge is 2.51. The number of carbonyl (C=O) groups is 2. The maximum absolute atomic E-state index is 12.8.